The van der Waals surface area contributed by atoms with Crippen molar-refractivity contribution in [1.82, 2.24) is 14.7 Å². The van der Waals surface area contributed by atoms with Crippen LogP contribution in [0.1, 0.15) is 48.6 Å². The van der Waals surface area contributed by atoms with Gasteiger partial charge in [0.1, 0.15) is 0 Å². The molecule has 0 aliphatic carbocycles. The first-order valence-corrected chi connectivity index (χ1v) is 8.20. The van der Waals surface area contributed by atoms with E-state index < -0.39 is 0 Å². The van der Waals surface area contributed by atoms with Crippen LogP contribution in [0, 0.1) is 13.8 Å². The summed E-state index contributed by atoms with van der Waals surface area (Å²) in [6, 6.07) is 6.76. The summed E-state index contributed by atoms with van der Waals surface area (Å²) < 4.78 is 1.92. The van der Waals surface area contributed by atoms with E-state index in [9.17, 15) is 4.79 Å². The van der Waals surface area contributed by atoms with Gasteiger partial charge in [-0.3, -0.25) is 9.48 Å². The predicted molar refractivity (Wildman–Crippen MR) is 93.3 cm³/mol. The van der Waals surface area contributed by atoms with Crippen LogP contribution in [0.15, 0.2) is 30.6 Å². The van der Waals surface area contributed by atoms with Crippen molar-refractivity contribution in [3.05, 3.63) is 52.8 Å². The maximum Gasteiger partial charge on any atom is 0.222 e. The van der Waals surface area contributed by atoms with E-state index in [0.717, 1.165) is 12.0 Å². The molecule has 0 aliphatic heterocycles. The summed E-state index contributed by atoms with van der Waals surface area (Å²) >= 11 is 0. The highest BCUT2D eigenvalue weighted by molar-refractivity contribution is 5.76. The van der Waals surface area contributed by atoms with Crippen LogP contribution in [0.4, 0.5) is 0 Å². The molecule has 0 N–H and O–H groups in total. The molecule has 0 unspecified atom stereocenters. The van der Waals surface area contributed by atoms with Crippen molar-refractivity contribution >= 4 is 5.91 Å². The molecule has 0 radical (unpaired) electrons. The predicted octanol–water partition coefficient (Wildman–Crippen LogP) is 3.67. The highest BCUT2D eigenvalue weighted by Gasteiger charge is 2.11. The number of aromatic nitrogens is 2. The molecule has 1 heterocycles. The lowest BCUT2D eigenvalue weighted by Crippen LogP contribution is -2.26. The Hall–Kier alpha value is -2.10. The maximum atomic E-state index is 12.3. The molecule has 0 saturated carbocycles. The van der Waals surface area contributed by atoms with E-state index >= 15 is 0 Å². The van der Waals surface area contributed by atoms with Gasteiger partial charge in [0.2, 0.25) is 5.91 Å². The zero-order valence-corrected chi connectivity index (χ0v) is 14.8. The summed E-state index contributed by atoms with van der Waals surface area (Å²) in [6.07, 6.45) is 5.18. The molecule has 0 atom stereocenters. The Morgan fingerprint density at radius 1 is 1.22 bits per heavy atom. The first-order chi connectivity index (χ1) is 10.9. The van der Waals surface area contributed by atoms with Crippen molar-refractivity contribution in [1.29, 1.82) is 0 Å². The van der Waals surface area contributed by atoms with Crippen LogP contribution in [0.25, 0.3) is 0 Å². The number of aryl methyl sites for hydroxylation is 3. The zero-order chi connectivity index (χ0) is 17.0. The third-order valence-corrected chi connectivity index (χ3v) is 4.23. The van der Waals surface area contributed by atoms with Crippen LogP contribution in [0.5, 0.6) is 0 Å². The lowest BCUT2D eigenvalue weighted by Gasteiger charge is -2.16. The Morgan fingerprint density at radius 3 is 2.57 bits per heavy atom. The average Bonchev–Trinajstić information content (AvgIpc) is 2.96. The van der Waals surface area contributed by atoms with Gasteiger partial charge in [0, 0.05) is 37.8 Å². The van der Waals surface area contributed by atoms with Gasteiger partial charge < -0.3 is 4.90 Å². The van der Waals surface area contributed by atoms with Crippen LogP contribution in [0.3, 0.4) is 0 Å². The van der Waals surface area contributed by atoms with Crippen molar-refractivity contribution in [3.63, 3.8) is 0 Å². The fourth-order valence-electron chi connectivity index (χ4n) is 2.50. The molecule has 0 aliphatic rings. The molecular formula is C19H27N3O. The van der Waals surface area contributed by atoms with E-state index in [-0.39, 0.29) is 5.91 Å². The summed E-state index contributed by atoms with van der Waals surface area (Å²) in [5.74, 6) is 0.167. The first kappa shape index (κ1) is 17.3. The summed E-state index contributed by atoms with van der Waals surface area (Å²) in [5, 5.41) is 4.32. The Bertz CT molecular complexity index is 673. The quantitative estimate of drug-likeness (QED) is 0.816. The van der Waals surface area contributed by atoms with Gasteiger partial charge in [0.15, 0.2) is 0 Å². The Kier molecular flexibility index (Phi) is 5.59. The highest BCUT2D eigenvalue weighted by atomic mass is 16.2. The van der Waals surface area contributed by atoms with Crippen molar-refractivity contribution < 1.29 is 4.79 Å². The highest BCUT2D eigenvalue weighted by Crippen LogP contribution is 2.13. The van der Waals surface area contributed by atoms with Crippen LogP contribution >= 0.6 is 0 Å². The van der Waals surface area contributed by atoms with Crippen molar-refractivity contribution in [3.8, 4) is 0 Å². The molecule has 0 bridgehead atoms. The smallest absolute Gasteiger partial charge is 0.222 e. The minimum Gasteiger partial charge on any atom is -0.341 e. The van der Waals surface area contributed by atoms with Gasteiger partial charge in [0.05, 0.1) is 6.20 Å². The molecule has 2 rings (SSSR count). The van der Waals surface area contributed by atoms with E-state index in [1.807, 2.05) is 24.1 Å². The molecule has 4 heteroatoms. The number of hydrogen-bond acceptors (Lipinski definition) is 2. The normalized spacial score (nSPS) is 11.0. The monoisotopic (exact) mass is 313 g/mol. The lowest BCUT2D eigenvalue weighted by molar-refractivity contribution is -0.130. The zero-order valence-electron chi connectivity index (χ0n) is 14.8. The number of rotatable bonds is 6. The van der Waals surface area contributed by atoms with E-state index in [1.54, 1.807) is 4.90 Å². The largest absolute Gasteiger partial charge is 0.341 e. The van der Waals surface area contributed by atoms with Gasteiger partial charge in [-0.25, -0.2) is 0 Å². The number of benzene rings is 1. The Morgan fingerprint density at radius 2 is 1.96 bits per heavy atom. The van der Waals surface area contributed by atoms with Crippen molar-refractivity contribution in [2.24, 2.45) is 0 Å². The van der Waals surface area contributed by atoms with Crippen LogP contribution < -0.4 is 0 Å². The number of carbonyl (C=O) groups is 1. The molecule has 0 spiro atoms. The average molecular weight is 313 g/mol. The van der Waals surface area contributed by atoms with Crippen LogP contribution in [-0.2, 0) is 17.8 Å². The molecule has 1 aromatic heterocycles. The topological polar surface area (TPSA) is 38.1 Å². The van der Waals surface area contributed by atoms with Crippen LogP contribution in [-0.4, -0.2) is 27.6 Å². The molecule has 0 saturated heterocycles. The third-order valence-electron chi connectivity index (χ3n) is 4.23. The molecule has 4 nitrogen and oxygen atoms in total. The molecule has 2 aromatic rings. The summed E-state index contributed by atoms with van der Waals surface area (Å²) in [4.78, 5) is 14.1. The Balaban J connectivity index is 1.87. The second kappa shape index (κ2) is 7.44. The van der Waals surface area contributed by atoms with Crippen molar-refractivity contribution in [2.45, 2.75) is 53.1 Å². The number of carbonyl (C=O) groups excluding carboxylic acids is 1. The van der Waals surface area contributed by atoms with Gasteiger partial charge in [-0.05, 0) is 50.8 Å². The van der Waals surface area contributed by atoms with E-state index in [0.29, 0.717) is 19.0 Å². The van der Waals surface area contributed by atoms with E-state index in [4.69, 9.17) is 0 Å². The molecule has 1 amide bonds. The lowest BCUT2D eigenvalue weighted by atomic mass is 10.0. The van der Waals surface area contributed by atoms with Gasteiger partial charge in [-0.15, -0.1) is 0 Å². The Labute approximate surface area is 139 Å². The standard InChI is InChI=1S/C19H27N3O/c1-14(2)22-13-18(11-20-22)12-21(5)19(23)9-8-17-7-6-15(3)16(4)10-17/h6-7,10-11,13-14H,8-9,12H2,1-5H3. The third kappa shape index (κ3) is 4.68. The van der Waals surface area contributed by atoms with Gasteiger partial charge >= 0.3 is 0 Å². The van der Waals surface area contributed by atoms with Gasteiger partial charge in [-0.2, -0.15) is 5.10 Å². The molecule has 0 fully saturated rings. The molecule has 1 aromatic carbocycles. The van der Waals surface area contributed by atoms with Gasteiger partial charge in [0.25, 0.3) is 0 Å². The molecule has 23 heavy (non-hydrogen) atoms. The fraction of sp³-hybridized carbons (Fsp3) is 0.474. The second-order valence-corrected chi connectivity index (χ2v) is 6.59. The maximum absolute atomic E-state index is 12.3. The minimum atomic E-state index is 0.167. The number of nitrogens with zero attached hydrogens (tertiary/aromatic N) is 3. The van der Waals surface area contributed by atoms with Gasteiger partial charge in [-0.1, -0.05) is 18.2 Å². The molecular weight excluding hydrogens is 286 g/mol. The second-order valence-electron chi connectivity index (χ2n) is 6.59. The van der Waals surface area contributed by atoms with Crippen LogP contribution in [0.2, 0.25) is 0 Å². The SMILES string of the molecule is Cc1ccc(CCC(=O)N(C)Cc2cnn(C(C)C)c2)cc1C. The summed E-state index contributed by atoms with van der Waals surface area (Å²) in [6.45, 7) is 9.01. The number of hydrogen-bond donors (Lipinski definition) is 0. The minimum absolute atomic E-state index is 0.167. The fourth-order valence-corrected chi connectivity index (χ4v) is 2.50. The van der Waals surface area contributed by atoms with E-state index in [1.165, 1.54) is 16.7 Å². The number of amides is 1. The summed E-state index contributed by atoms with van der Waals surface area (Å²) in [5.41, 5.74) is 4.87. The first-order valence-electron chi connectivity index (χ1n) is 8.20. The summed E-state index contributed by atoms with van der Waals surface area (Å²) in [7, 11) is 1.86. The van der Waals surface area contributed by atoms with Crippen molar-refractivity contribution in [2.75, 3.05) is 7.05 Å². The molecule has 124 valence electrons. The van der Waals surface area contributed by atoms with E-state index in [2.05, 4.69) is 51.0 Å².